The average Bonchev–Trinajstić information content (AvgIpc) is 2.33. The number of nitrogens with one attached hydrogen (secondary N) is 2. The number of hydrogen-bond acceptors (Lipinski definition) is 3. The molecule has 0 aromatic heterocycles. The molecular weight excluding hydrogens is 324 g/mol. The van der Waals surface area contributed by atoms with E-state index < -0.39 is 6.04 Å². The number of amides is 2. The van der Waals surface area contributed by atoms with Crippen molar-refractivity contribution < 1.29 is 14.6 Å². The molecule has 0 saturated heterocycles. The van der Waals surface area contributed by atoms with E-state index >= 15 is 0 Å². The van der Waals surface area contributed by atoms with Crippen LogP contribution in [0.5, 0.6) is 5.75 Å². The van der Waals surface area contributed by atoms with Crippen molar-refractivity contribution in [2.45, 2.75) is 32.4 Å². The van der Waals surface area contributed by atoms with Crippen LogP contribution in [0.3, 0.4) is 0 Å². The van der Waals surface area contributed by atoms with Crippen LogP contribution in [0.1, 0.15) is 32.4 Å². The number of aliphatic hydroxyl groups excluding tert-OH is 1. The summed E-state index contributed by atoms with van der Waals surface area (Å²) in [6.45, 7) is 5.45. The zero-order valence-electron chi connectivity index (χ0n) is 12.2. The van der Waals surface area contributed by atoms with Crippen molar-refractivity contribution in [3.8, 4) is 5.75 Å². The van der Waals surface area contributed by atoms with Crippen molar-refractivity contribution in [3.05, 3.63) is 28.2 Å². The number of carbonyl (C=O) groups is 1. The van der Waals surface area contributed by atoms with Gasteiger partial charge in [0, 0.05) is 15.6 Å². The fourth-order valence-electron chi connectivity index (χ4n) is 1.73. The summed E-state index contributed by atoms with van der Waals surface area (Å²) < 4.78 is 6.11. The van der Waals surface area contributed by atoms with Gasteiger partial charge in [0.25, 0.3) is 0 Å². The minimum absolute atomic E-state index is 0.218. The molecule has 0 saturated carbocycles. The van der Waals surface area contributed by atoms with Crippen LogP contribution in [0.4, 0.5) is 4.79 Å². The minimum atomic E-state index is -0.537. The lowest BCUT2D eigenvalue weighted by Gasteiger charge is -2.24. The van der Waals surface area contributed by atoms with Gasteiger partial charge < -0.3 is 20.5 Å². The van der Waals surface area contributed by atoms with Gasteiger partial charge in [-0.1, -0.05) is 15.9 Å². The molecule has 112 valence electrons. The molecule has 0 aliphatic carbocycles. The highest BCUT2D eigenvalue weighted by molar-refractivity contribution is 9.10. The summed E-state index contributed by atoms with van der Waals surface area (Å²) in [6, 6.07) is 4.57. The Hall–Kier alpha value is -1.27. The Labute approximate surface area is 127 Å². The third-order valence-electron chi connectivity index (χ3n) is 2.54. The maximum absolute atomic E-state index is 11.9. The van der Waals surface area contributed by atoms with Gasteiger partial charge in [-0.2, -0.15) is 0 Å². The molecule has 1 atom stereocenters. The Balaban J connectivity index is 2.91. The van der Waals surface area contributed by atoms with Gasteiger partial charge >= 0.3 is 6.03 Å². The highest BCUT2D eigenvalue weighted by Crippen LogP contribution is 2.28. The Kier molecular flexibility index (Phi) is 5.83. The second-order valence-electron chi connectivity index (χ2n) is 5.47. The largest absolute Gasteiger partial charge is 0.496 e. The Morgan fingerprint density at radius 2 is 2.10 bits per heavy atom. The van der Waals surface area contributed by atoms with E-state index in [1.165, 1.54) is 0 Å². The van der Waals surface area contributed by atoms with Crippen LogP contribution >= 0.6 is 15.9 Å². The van der Waals surface area contributed by atoms with E-state index in [0.717, 1.165) is 4.47 Å². The van der Waals surface area contributed by atoms with Gasteiger partial charge in [-0.05, 0) is 39.0 Å². The van der Waals surface area contributed by atoms with Crippen molar-refractivity contribution in [1.82, 2.24) is 10.6 Å². The SMILES string of the molecule is COc1ccc(Br)cc1C(CO)NC(=O)NC(C)(C)C. The van der Waals surface area contributed by atoms with Gasteiger partial charge in [0.1, 0.15) is 5.75 Å². The van der Waals surface area contributed by atoms with E-state index in [-0.39, 0.29) is 18.2 Å². The van der Waals surface area contributed by atoms with Crippen LogP contribution < -0.4 is 15.4 Å². The molecule has 0 heterocycles. The normalized spacial score (nSPS) is 12.7. The van der Waals surface area contributed by atoms with Crippen molar-refractivity contribution in [3.63, 3.8) is 0 Å². The molecule has 3 N–H and O–H groups in total. The topological polar surface area (TPSA) is 70.6 Å². The first-order valence-electron chi connectivity index (χ1n) is 6.30. The van der Waals surface area contributed by atoms with Crippen molar-refractivity contribution >= 4 is 22.0 Å². The van der Waals surface area contributed by atoms with E-state index in [9.17, 15) is 9.90 Å². The Bertz CT molecular complexity index is 472. The second kappa shape index (κ2) is 6.95. The van der Waals surface area contributed by atoms with Crippen LogP contribution in [-0.4, -0.2) is 30.4 Å². The zero-order valence-corrected chi connectivity index (χ0v) is 13.7. The first-order valence-corrected chi connectivity index (χ1v) is 7.09. The van der Waals surface area contributed by atoms with Gasteiger partial charge in [-0.25, -0.2) is 4.79 Å². The van der Waals surface area contributed by atoms with E-state index in [2.05, 4.69) is 26.6 Å². The second-order valence-corrected chi connectivity index (χ2v) is 6.39. The molecule has 1 rings (SSSR count). The number of carbonyl (C=O) groups excluding carboxylic acids is 1. The predicted octanol–water partition coefficient (Wildman–Crippen LogP) is 2.59. The van der Waals surface area contributed by atoms with Crippen LogP contribution in [0, 0.1) is 0 Å². The van der Waals surface area contributed by atoms with E-state index in [1.54, 1.807) is 13.2 Å². The third kappa shape index (κ3) is 5.02. The van der Waals surface area contributed by atoms with E-state index in [0.29, 0.717) is 11.3 Å². The number of hydrogen-bond donors (Lipinski definition) is 3. The lowest BCUT2D eigenvalue weighted by atomic mass is 10.1. The molecule has 0 fully saturated rings. The van der Waals surface area contributed by atoms with Crippen molar-refractivity contribution in [1.29, 1.82) is 0 Å². The molecule has 1 unspecified atom stereocenters. The number of rotatable bonds is 4. The Morgan fingerprint density at radius 3 is 2.60 bits per heavy atom. The highest BCUT2D eigenvalue weighted by atomic mass is 79.9. The van der Waals surface area contributed by atoms with Gasteiger partial charge in [0.15, 0.2) is 0 Å². The molecule has 20 heavy (non-hydrogen) atoms. The minimum Gasteiger partial charge on any atom is -0.496 e. The molecule has 6 heteroatoms. The summed E-state index contributed by atoms with van der Waals surface area (Å²) in [7, 11) is 1.55. The molecule has 1 aromatic rings. The lowest BCUT2D eigenvalue weighted by molar-refractivity contribution is 0.209. The summed E-state index contributed by atoms with van der Waals surface area (Å²) in [6.07, 6.45) is 0. The van der Waals surface area contributed by atoms with Gasteiger partial charge in [-0.3, -0.25) is 0 Å². The zero-order chi connectivity index (χ0) is 15.3. The molecule has 0 aliphatic rings. The molecule has 2 amide bonds. The molecule has 0 radical (unpaired) electrons. The summed E-state index contributed by atoms with van der Waals surface area (Å²) in [4.78, 5) is 11.9. The summed E-state index contributed by atoms with van der Waals surface area (Å²) >= 11 is 3.37. The van der Waals surface area contributed by atoms with Crippen LogP contribution in [0.2, 0.25) is 0 Å². The number of aliphatic hydroxyl groups is 1. The number of ether oxygens (including phenoxy) is 1. The monoisotopic (exact) mass is 344 g/mol. The first-order chi connectivity index (χ1) is 9.26. The van der Waals surface area contributed by atoms with Crippen molar-refractivity contribution in [2.24, 2.45) is 0 Å². The predicted molar refractivity (Wildman–Crippen MR) is 81.9 cm³/mol. The van der Waals surface area contributed by atoms with Gasteiger partial charge in [-0.15, -0.1) is 0 Å². The van der Waals surface area contributed by atoms with Crippen LogP contribution in [-0.2, 0) is 0 Å². The fourth-order valence-corrected chi connectivity index (χ4v) is 2.11. The first kappa shape index (κ1) is 16.8. The smallest absolute Gasteiger partial charge is 0.315 e. The maximum atomic E-state index is 11.9. The molecular formula is C14H21BrN2O3. The Morgan fingerprint density at radius 1 is 1.45 bits per heavy atom. The van der Waals surface area contributed by atoms with Gasteiger partial charge in [0.05, 0.1) is 19.8 Å². The standard InChI is InChI=1S/C14H21BrN2O3/c1-14(2,3)17-13(19)16-11(8-18)10-7-9(15)5-6-12(10)20-4/h5-7,11,18H,8H2,1-4H3,(H2,16,17,19). The summed E-state index contributed by atoms with van der Waals surface area (Å²) in [5.41, 5.74) is 0.374. The molecule has 0 aliphatic heterocycles. The van der Waals surface area contributed by atoms with Gasteiger partial charge in [0.2, 0.25) is 0 Å². The highest BCUT2D eigenvalue weighted by Gasteiger charge is 2.20. The number of methoxy groups -OCH3 is 1. The molecule has 0 spiro atoms. The molecule has 0 bridgehead atoms. The fraction of sp³-hybridized carbons (Fsp3) is 0.500. The van der Waals surface area contributed by atoms with E-state index in [4.69, 9.17) is 4.74 Å². The number of halogens is 1. The third-order valence-corrected chi connectivity index (χ3v) is 3.04. The van der Waals surface area contributed by atoms with E-state index in [1.807, 2.05) is 32.9 Å². The summed E-state index contributed by atoms with van der Waals surface area (Å²) in [5.74, 6) is 0.614. The van der Waals surface area contributed by atoms with Crippen LogP contribution in [0.15, 0.2) is 22.7 Å². The van der Waals surface area contributed by atoms with Crippen molar-refractivity contribution in [2.75, 3.05) is 13.7 Å². The maximum Gasteiger partial charge on any atom is 0.315 e. The number of benzene rings is 1. The molecule has 5 nitrogen and oxygen atoms in total. The quantitative estimate of drug-likeness (QED) is 0.786. The summed E-state index contributed by atoms with van der Waals surface area (Å²) in [5, 5.41) is 15.1. The average molecular weight is 345 g/mol. The lowest BCUT2D eigenvalue weighted by Crippen LogP contribution is -2.48. The van der Waals surface area contributed by atoms with Crippen LogP contribution in [0.25, 0.3) is 0 Å². The number of urea groups is 1. The molecule has 1 aromatic carbocycles.